The lowest BCUT2D eigenvalue weighted by atomic mass is 9.72. The fraction of sp³-hybridized carbons (Fsp3) is 0.276. The van der Waals surface area contributed by atoms with Crippen molar-refractivity contribution in [2.75, 3.05) is 5.32 Å². The molecule has 0 spiro atoms. The maximum absolute atomic E-state index is 13.2. The second-order valence-electron chi connectivity index (χ2n) is 10.4. The maximum Gasteiger partial charge on any atom is 0.344 e. The fourth-order valence-corrected chi connectivity index (χ4v) is 6.27. The van der Waals surface area contributed by atoms with Crippen molar-refractivity contribution in [2.24, 2.45) is 17.1 Å². The van der Waals surface area contributed by atoms with Crippen molar-refractivity contribution in [3.8, 4) is 11.1 Å². The Hall–Kier alpha value is -3.71. The lowest BCUT2D eigenvalue weighted by molar-refractivity contribution is 0.1000. The van der Waals surface area contributed by atoms with Gasteiger partial charge in [0.25, 0.3) is 11.8 Å². The molecule has 184 valence electrons. The topological polar surface area (TPSA) is 102 Å². The first kappa shape index (κ1) is 24.0. The standard InChI is InChI=1S/C29H28N2O4S/c1-29(2,3)19-11-12-20-23(15-19)36-27(24(20)25(30)32)31-26(33)18-9-6-8-16(13-18)21-14-17-7-4-5-10-22(17)35-28(21)34/h4-10,13-14,19H,11-12,15H2,1-3H3,(H2,30,32)(H,31,33). The Morgan fingerprint density at radius 1 is 1.08 bits per heavy atom. The molecule has 3 N–H and O–H groups in total. The minimum absolute atomic E-state index is 0.161. The molecule has 0 radical (unpaired) electrons. The average Bonchev–Trinajstić information content (AvgIpc) is 3.20. The summed E-state index contributed by atoms with van der Waals surface area (Å²) in [7, 11) is 0. The van der Waals surface area contributed by atoms with E-state index < -0.39 is 11.5 Å². The van der Waals surface area contributed by atoms with Crippen LogP contribution in [0.4, 0.5) is 5.00 Å². The number of rotatable bonds is 4. The first-order valence-electron chi connectivity index (χ1n) is 12.0. The summed E-state index contributed by atoms with van der Waals surface area (Å²) < 4.78 is 5.46. The molecule has 4 aromatic rings. The number of hydrogen-bond acceptors (Lipinski definition) is 5. The number of nitrogens with two attached hydrogens (primary N) is 1. The zero-order chi connectivity index (χ0) is 25.6. The molecule has 0 aliphatic heterocycles. The van der Waals surface area contributed by atoms with Gasteiger partial charge in [0.05, 0.1) is 11.1 Å². The summed E-state index contributed by atoms with van der Waals surface area (Å²) in [6.45, 7) is 6.70. The molecular weight excluding hydrogens is 472 g/mol. The van der Waals surface area contributed by atoms with Crippen LogP contribution in [0, 0.1) is 11.3 Å². The normalized spacial score (nSPS) is 15.5. The quantitative estimate of drug-likeness (QED) is 0.334. The molecule has 2 heterocycles. The molecule has 1 aliphatic carbocycles. The van der Waals surface area contributed by atoms with Crippen LogP contribution in [-0.4, -0.2) is 11.8 Å². The zero-order valence-corrected chi connectivity index (χ0v) is 21.3. The molecule has 7 heteroatoms. The second kappa shape index (κ2) is 9.06. The van der Waals surface area contributed by atoms with Crippen LogP contribution in [0.3, 0.4) is 0 Å². The summed E-state index contributed by atoms with van der Waals surface area (Å²) in [5.41, 5.74) is 8.66. The molecule has 0 saturated heterocycles. The van der Waals surface area contributed by atoms with Crippen LogP contribution in [0.15, 0.2) is 63.8 Å². The average molecular weight is 501 g/mol. The SMILES string of the molecule is CC(C)(C)C1CCc2c(sc(NC(=O)c3cccc(-c4cc5ccccc5oc4=O)c3)c2C(N)=O)C1. The van der Waals surface area contributed by atoms with E-state index in [-0.39, 0.29) is 11.3 Å². The highest BCUT2D eigenvalue weighted by Crippen LogP contribution is 2.44. The fourth-order valence-electron chi connectivity index (χ4n) is 4.94. The van der Waals surface area contributed by atoms with E-state index in [4.69, 9.17) is 10.2 Å². The maximum atomic E-state index is 13.2. The van der Waals surface area contributed by atoms with Crippen LogP contribution in [0.5, 0.6) is 0 Å². The summed E-state index contributed by atoms with van der Waals surface area (Å²) >= 11 is 1.44. The van der Waals surface area contributed by atoms with E-state index in [2.05, 4.69) is 26.1 Å². The van der Waals surface area contributed by atoms with Crippen LogP contribution in [0.1, 0.15) is 58.3 Å². The minimum Gasteiger partial charge on any atom is -0.422 e. The van der Waals surface area contributed by atoms with Crippen molar-refractivity contribution >= 4 is 39.1 Å². The number of nitrogens with one attached hydrogen (secondary N) is 1. The highest BCUT2D eigenvalue weighted by molar-refractivity contribution is 7.17. The van der Waals surface area contributed by atoms with E-state index in [0.717, 1.165) is 35.1 Å². The molecule has 0 fully saturated rings. The van der Waals surface area contributed by atoms with Crippen LogP contribution >= 0.6 is 11.3 Å². The van der Waals surface area contributed by atoms with Crippen molar-refractivity contribution in [3.05, 3.63) is 86.6 Å². The zero-order valence-electron chi connectivity index (χ0n) is 20.5. The third-order valence-electron chi connectivity index (χ3n) is 7.04. The van der Waals surface area contributed by atoms with Crippen molar-refractivity contribution in [2.45, 2.75) is 40.0 Å². The number of carbonyl (C=O) groups excluding carboxylic acids is 2. The highest BCUT2D eigenvalue weighted by Gasteiger charge is 2.33. The third-order valence-corrected chi connectivity index (χ3v) is 8.21. The molecule has 0 saturated carbocycles. The number of carbonyl (C=O) groups is 2. The van der Waals surface area contributed by atoms with Gasteiger partial charge in [-0.1, -0.05) is 51.1 Å². The van der Waals surface area contributed by atoms with Crippen molar-refractivity contribution in [1.82, 2.24) is 0 Å². The summed E-state index contributed by atoms with van der Waals surface area (Å²) in [5, 5.41) is 4.20. The van der Waals surface area contributed by atoms with Gasteiger partial charge in [0.15, 0.2) is 0 Å². The summed E-state index contributed by atoms with van der Waals surface area (Å²) in [6.07, 6.45) is 2.62. The Morgan fingerprint density at radius 3 is 2.61 bits per heavy atom. The summed E-state index contributed by atoms with van der Waals surface area (Å²) in [5.74, 6) is -0.395. The van der Waals surface area contributed by atoms with Crippen LogP contribution in [0.2, 0.25) is 0 Å². The molecular formula is C29H28N2O4S. The summed E-state index contributed by atoms with van der Waals surface area (Å²) in [4.78, 5) is 39.4. The Labute approximate surface area is 213 Å². The van der Waals surface area contributed by atoms with Gasteiger partial charge in [-0.3, -0.25) is 9.59 Å². The molecule has 6 nitrogen and oxygen atoms in total. The van der Waals surface area contributed by atoms with E-state index in [1.54, 1.807) is 36.4 Å². The number of fused-ring (bicyclic) bond motifs is 2. The van der Waals surface area contributed by atoms with Gasteiger partial charge in [-0.15, -0.1) is 11.3 Å². The number of amides is 2. The lowest BCUT2D eigenvalue weighted by Gasteiger charge is -2.33. The van der Waals surface area contributed by atoms with E-state index in [1.807, 2.05) is 18.2 Å². The number of hydrogen-bond donors (Lipinski definition) is 2. The first-order valence-corrected chi connectivity index (χ1v) is 12.8. The van der Waals surface area contributed by atoms with Crippen LogP contribution < -0.4 is 16.7 Å². The second-order valence-corrected chi connectivity index (χ2v) is 11.5. The van der Waals surface area contributed by atoms with Gasteiger partial charge in [0.1, 0.15) is 10.6 Å². The van der Waals surface area contributed by atoms with Gasteiger partial charge in [-0.25, -0.2) is 4.79 Å². The van der Waals surface area contributed by atoms with Gasteiger partial charge >= 0.3 is 5.63 Å². The molecule has 2 amide bonds. The van der Waals surface area contributed by atoms with Gasteiger partial charge in [0.2, 0.25) is 0 Å². The molecule has 5 rings (SSSR count). The molecule has 2 aromatic carbocycles. The van der Waals surface area contributed by atoms with E-state index in [9.17, 15) is 14.4 Å². The molecule has 1 atom stereocenters. The number of benzene rings is 2. The van der Waals surface area contributed by atoms with Crippen LogP contribution in [0.25, 0.3) is 22.1 Å². The monoisotopic (exact) mass is 500 g/mol. The lowest BCUT2D eigenvalue weighted by Crippen LogP contribution is -2.27. The molecule has 1 unspecified atom stereocenters. The predicted molar refractivity (Wildman–Crippen MR) is 144 cm³/mol. The first-order chi connectivity index (χ1) is 17.1. The van der Waals surface area contributed by atoms with Gasteiger partial charge in [-0.05, 0) is 66.0 Å². The minimum atomic E-state index is -0.528. The van der Waals surface area contributed by atoms with Crippen molar-refractivity contribution in [3.63, 3.8) is 0 Å². The largest absolute Gasteiger partial charge is 0.422 e. The van der Waals surface area contributed by atoms with E-state index in [0.29, 0.717) is 38.8 Å². The highest BCUT2D eigenvalue weighted by atomic mass is 32.1. The number of anilines is 1. The van der Waals surface area contributed by atoms with Gasteiger partial charge in [-0.2, -0.15) is 0 Å². The Kier molecular flexibility index (Phi) is 6.04. The molecule has 2 aromatic heterocycles. The number of thiophene rings is 1. The Bertz CT molecular complexity index is 1560. The predicted octanol–water partition coefficient (Wildman–Crippen LogP) is 6.02. The Morgan fingerprint density at radius 2 is 1.86 bits per heavy atom. The molecule has 36 heavy (non-hydrogen) atoms. The smallest absolute Gasteiger partial charge is 0.344 e. The number of para-hydroxylation sites is 1. The number of primary amides is 1. The Balaban J connectivity index is 1.46. The van der Waals surface area contributed by atoms with Gasteiger partial charge < -0.3 is 15.5 Å². The molecule has 1 aliphatic rings. The van der Waals surface area contributed by atoms with E-state index in [1.165, 1.54) is 11.3 Å². The van der Waals surface area contributed by atoms with Crippen LogP contribution in [-0.2, 0) is 12.8 Å². The molecule has 0 bridgehead atoms. The van der Waals surface area contributed by atoms with Gasteiger partial charge in [0, 0.05) is 15.8 Å². The van der Waals surface area contributed by atoms with Crippen molar-refractivity contribution in [1.29, 1.82) is 0 Å². The summed E-state index contributed by atoms with van der Waals surface area (Å²) in [6, 6.07) is 15.9. The van der Waals surface area contributed by atoms with Crippen molar-refractivity contribution < 1.29 is 14.0 Å². The van der Waals surface area contributed by atoms with E-state index >= 15 is 0 Å². The third kappa shape index (κ3) is 4.46.